The lowest BCUT2D eigenvalue weighted by Gasteiger charge is -2.26. The van der Waals surface area contributed by atoms with Crippen molar-refractivity contribution in [2.75, 3.05) is 14.2 Å². The Hall–Kier alpha value is -1.56. The number of aromatic nitrogens is 1. The highest BCUT2D eigenvalue weighted by Crippen LogP contribution is 2.31. The Labute approximate surface area is 156 Å². The molecule has 0 bridgehead atoms. The van der Waals surface area contributed by atoms with Crippen LogP contribution >= 0.6 is 23.2 Å². The lowest BCUT2D eigenvalue weighted by molar-refractivity contribution is -0.147. The third-order valence-electron chi connectivity index (χ3n) is 4.56. The van der Waals surface area contributed by atoms with Crippen molar-refractivity contribution < 1.29 is 14.1 Å². The molecule has 0 amide bonds. The molecule has 25 heavy (non-hydrogen) atoms. The maximum absolute atomic E-state index is 12.4. The number of esters is 1. The van der Waals surface area contributed by atoms with Gasteiger partial charge in [-0.05, 0) is 44.0 Å². The van der Waals surface area contributed by atoms with Crippen LogP contribution in [0.1, 0.15) is 41.5 Å². The molecule has 1 atom stereocenters. The quantitative estimate of drug-likeness (QED) is 0.725. The van der Waals surface area contributed by atoms with Gasteiger partial charge in [-0.2, -0.15) is 0 Å². The third-order valence-corrected chi connectivity index (χ3v) is 5.29. The summed E-state index contributed by atoms with van der Waals surface area (Å²) in [6.45, 7) is 0.485. The number of aryl methyl sites for hydroxylation is 1. The van der Waals surface area contributed by atoms with Gasteiger partial charge in [-0.1, -0.05) is 34.4 Å². The minimum Gasteiger partial charge on any atom is -0.468 e. The smallest absolute Gasteiger partial charge is 0.327 e. The fourth-order valence-corrected chi connectivity index (χ4v) is 3.57. The molecule has 0 aliphatic heterocycles. The fraction of sp³-hybridized carbons (Fsp3) is 0.444. The average molecular weight is 383 g/mol. The first-order valence-electron chi connectivity index (χ1n) is 8.20. The van der Waals surface area contributed by atoms with Crippen LogP contribution in [-0.4, -0.2) is 30.2 Å². The molecule has 134 valence electrons. The highest BCUT2D eigenvalue weighted by atomic mass is 35.5. The second-order valence-corrected chi connectivity index (χ2v) is 7.07. The van der Waals surface area contributed by atoms with E-state index in [0.717, 1.165) is 42.7 Å². The van der Waals surface area contributed by atoms with Crippen molar-refractivity contribution in [3.8, 4) is 0 Å². The average Bonchev–Trinajstić information content (AvgIpc) is 3.01. The summed E-state index contributed by atoms with van der Waals surface area (Å²) in [5.41, 5.74) is 2.78. The van der Waals surface area contributed by atoms with Crippen molar-refractivity contribution in [3.05, 3.63) is 50.8 Å². The summed E-state index contributed by atoms with van der Waals surface area (Å²) in [5, 5.41) is 5.06. The number of hydrogen-bond donors (Lipinski definition) is 0. The first-order chi connectivity index (χ1) is 12.0. The van der Waals surface area contributed by atoms with Crippen LogP contribution in [0.2, 0.25) is 10.0 Å². The normalized spacial score (nSPS) is 15.1. The van der Waals surface area contributed by atoms with Gasteiger partial charge in [0.15, 0.2) is 0 Å². The zero-order valence-electron chi connectivity index (χ0n) is 14.2. The molecule has 1 aromatic heterocycles. The second-order valence-electron chi connectivity index (χ2n) is 6.25. The first-order valence-corrected chi connectivity index (χ1v) is 8.96. The number of halogens is 2. The Bertz CT molecular complexity index is 776. The standard InChI is InChI=1S/C18H20Cl2N2O3/c1-22(10-15-12-5-3-4-6-16(12)25-21-15)17(18(23)24-2)11-7-8-13(19)14(20)9-11/h7-9,17H,3-6,10H2,1-2H3. The van der Waals surface area contributed by atoms with E-state index in [-0.39, 0.29) is 5.97 Å². The van der Waals surface area contributed by atoms with Gasteiger partial charge in [-0.25, -0.2) is 4.79 Å². The van der Waals surface area contributed by atoms with Gasteiger partial charge >= 0.3 is 5.97 Å². The zero-order chi connectivity index (χ0) is 18.0. The molecule has 1 unspecified atom stereocenters. The van der Waals surface area contributed by atoms with Gasteiger partial charge in [0.2, 0.25) is 0 Å². The van der Waals surface area contributed by atoms with E-state index in [1.54, 1.807) is 18.2 Å². The molecular weight excluding hydrogens is 363 g/mol. The van der Waals surface area contributed by atoms with Crippen LogP contribution in [0.5, 0.6) is 0 Å². The van der Waals surface area contributed by atoms with E-state index >= 15 is 0 Å². The van der Waals surface area contributed by atoms with Crippen LogP contribution in [0.25, 0.3) is 0 Å². The van der Waals surface area contributed by atoms with E-state index in [9.17, 15) is 4.79 Å². The number of fused-ring (bicyclic) bond motifs is 1. The van der Waals surface area contributed by atoms with E-state index < -0.39 is 6.04 Å². The number of benzene rings is 1. The summed E-state index contributed by atoms with van der Waals surface area (Å²) in [4.78, 5) is 14.3. The summed E-state index contributed by atoms with van der Waals surface area (Å²) in [7, 11) is 3.23. The minimum atomic E-state index is -0.601. The Morgan fingerprint density at radius 2 is 2.08 bits per heavy atom. The summed E-state index contributed by atoms with van der Waals surface area (Å²) in [6, 6.07) is 4.56. The van der Waals surface area contributed by atoms with Crippen molar-refractivity contribution in [2.24, 2.45) is 0 Å². The molecule has 7 heteroatoms. The van der Waals surface area contributed by atoms with Gasteiger partial charge in [-0.15, -0.1) is 0 Å². The lowest BCUT2D eigenvalue weighted by atomic mass is 9.96. The molecule has 1 aliphatic carbocycles. The summed E-state index contributed by atoms with van der Waals surface area (Å²) < 4.78 is 10.5. The highest BCUT2D eigenvalue weighted by molar-refractivity contribution is 6.42. The molecule has 1 aliphatic rings. The Morgan fingerprint density at radius 1 is 1.32 bits per heavy atom. The van der Waals surface area contributed by atoms with E-state index in [1.165, 1.54) is 12.7 Å². The van der Waals surface area contributed by atoms with Gasteiger partial charge in [0.05, 0.1) is 17.2 Å². The summed E-state index contributed by atoms with van der Waals surface area (Å²) in [5.74, 6) is 0.608. The Balaban J connectivity index is 1.87. The van der Waals surface area contributed by atoms with Crippen LogP contribution in [0.3, 0.4) is 0 Å². The maximum atomic E-state index is 12.4. The van der Waals surface area contributed by atoms with Gasteiger partial charge in [0, 0.05) is 18.5 Å². The largest absolute Gasteiger partial charge is 0.468 e. The molecule has 0 spiro atoms. The number of hydrogen-bond acceptors (Lipinski definition) is 5. The minimum absolute atomic E-state index is 0.363. The van der Waals surface area contributed by atoms with Gasteiger partial charge < -0.3 is 9.26 Å². The van der Waals surface area contributed by atoms with Crippen LogP contribution < -0.4 is 0 Å². The number of ether oxygens (including phenoxy) is 1. The van der Waals surface area contributed by atoms with Crippen molar-refractivity contribution >= 4 is 29.2 Å². The van der Waals surface area contributed by atoms with Gasteiger partial charge in [0.25, 0.3) is 0 Å². The fourth-order valence-electron chi connectivity index (χ4n) is 3.27. The van der Waals surface area contributed by atoms with E-state index in [0.29, 0.717) is 16.6 Å². The van der Waals surface area contributed by atoms with Gasteiger partial charge in [0.1, 0.15) is 17.5 Å². The van der Waals surface area contributed by atoms with Crippen molar-refractivity contribution in [3.63, 3.8) is 0 Å². The number of carbonyl (C=O) groups excluding carboxylic acids is 1. The number of likely N-dealkylation sites (N-methyl/N-ethyl adjacent to an activating group) is 1. The van der Waals surface area contributed by atoms with Crippen LogP contribution in [0.4, 0.5) is 0 Å². The SMILES string of the molecule is COC(=O)C(c1ccc(Cl)c(Cl)c1)N(C)Cc1noc2c1CCCC2. The van der Waals surface area contributed by atoms with E-state index in [1.807, 2.05) is 11.9 Å². The van der Waals surface area contributed by atoms with Crippen LogP contribution in [0, 0.1) is 0 Å². The van der Waals surface area contributed by atoms with Crippen molar-refractivity contribution in [1.82, 2.24) is 10.1 Å². The molecule has 3 rings (SSSR count). The molecule has 0 fully saturated rings. The molecule has 2 aromatic rings. The van der Waals surface area contributed by atoms with Gasteiger partial charge in [-0.3, -0.25) is 4.90 Å². The number of nitrogens with zero attached hydrogens (tertiary/aromatic N) is 2. The molecular formula is C18H20Cl2N2O3. The molecule has 1 aromatic carbocycles. The van der Waals surface area contributed by atoms with Crippen molar-refractivity contribution in [1.29, 1.82) is 0 Å². The maximum Gasteiger partial charge on any atom is 0.327 e. The Kier molecular flexibility index (Phi) is 5.67. The molecule has 1 heterocycles. The lowest BCUT2D eigenvalue weighted by Crippen LogP contribution is -2.32. The number of rotatable bonds is 5. The summed E-state index contributed by atoms with van der Waals surface area (Å²) >= 11 is 12.1. The predicted molar refractivity (Wildman–Crippen MR) is 95.8 cm³/mol. The molecule has 5 nitrogen and oxygen atoms in total. The highest BCUT2D eigenvalue weighted by Gasteiger charge is 2.29. The summed E-state index contributed by atoms with van der Waals surface area (Å²) in [6.07, 6.45) is 4.17. The monoisotopic (exact) mass is 382 g/mol. The van der Waals surface area contributed by atoms with E-state index in [4.69, 9.17) is 32.5 Å². The molecule has 0 radical (unpaired) electrons. The Morgan fingerprint density at radius 3 is 2.80 bits per heavy atom. The molecule has 0 N–H and O–H groups in total. The first kappa shape index (κ1) is 18.2. The topological polar surface area (TPSA) is 55.6 Å². The zero-order valence-corrected chi connectivity index (χ0v) is 15.7. The number of methoxy groups -OCH3 is 1. The van der Waals surface area contributed by atoms with Crippen LogP contribution in [-0.2, 0) is 28.9 Å². The number of carbonyl (C=O) groups is 1. The predicted octanol–water partition coefficient (Wildman–Crippen LogP) is 4.21. The second kappa shape index (κ2) is 7.77. The molecule has 0 saturated carbocycles. The molecule has 0 saturated heterocycles. The van der Waals surface area contributed by atoms with Crippen LogP contribution in [0.15, 0.2) is 22.7 Å². The van der Waals surface area contributed by atoms with Crippen molar-refractivity contribution in [2.45, 2.75) is 38.3 Å². The van der Waals surface area contributed by atoms with E-state index in [2.05, 4.69) is 5.16 Å². The third kappa shape index (κ3) is 3.84.